The van der Waals surface area contributed by atoms with Crippen molar-refractivity contribution in [1.82, 2.24) is 0 Å². The van der Waals surface area contributed by atoms with Crippen LogP contribution in [0, 0.1) is 59.2 Å². The minimum atomic E-state index is 0. The SMILES string of the molecule is CCC[C@H]1CC[C@H](CCc2ccc([S])cc2)CC1.CCC[C@H]1CC[C@H](CCc2ccc([S])cc2)CC1.CCC[C@H]1CC[C@H](CCc2ccc([S])cc2)CC1.CCC[C@H]1CC[C@H](CCc2ccc([S])cc2)CC1.CCC[C@H]1CC[C@H](CCc2ccc([S])cc2)CC1.F.F.F.F.F. The first-order chi connectivity index (χ1) is 43.9. The van der Waals surface area contributed by atoms with Gasteiger partial charge in [-0.2, -0.15) is 0 Å². The fourth-order valence-corrected chi connectivity index (χ4v) is 16.9. The smallest absolute Gasteiger partial charge is 0.0377 e. The molecule has 5 aromatic rings. The van der Waals surface area contributed by atoms with E-state index in [0.717, 1.165) is 83.7 Å². The standard InChI is InChI=1S/5C17H25S.5FH/c5*1-2-3-14-4-6-15(7-5-14)8-9-16-10-12-17(18)13-11-16;;;;;/h5*10-15H,2-9H2,1H3;5*1H/t5*14-,15-;;;;;. The first-order valence-electron chi connectivity index (χ1n) is 37.7. The molecule has 5 fully saturated rings. The van der Waals surface area contributed by atoms with Gasteiger partial charge in [0.05, 0.1) is 0 Å². The number of hydrogen-bond acceptors (Lipinski definition) is 0. The van der Waals surface area contributed by atoms with Crippen molar-refractivity contribution in [3.05, 3.63) is 149 Å². The number of rotatable bonds is 25. The lowest BCUT2D eigenvalue weighted by Crippen LogP contribution is -2.15. The maximum Gasteiger partial charge on any atom is 0.0377 e. The molecule has 0 atom stereocenters. The Bertz CT molecular complexity index is 2110. The fourth-order valence-electron chi connectivity index (χ4n) is 16.2. The number of hydrogen-bond donors (Lipinski definition) is 0. The van der Waals surface area contributed by atoms with Gasteiger partial charge < -0.3 is 0 Å². The van der Waals surface area contributed by atoms with Crippen LogP contribution in [-0.2, 0) is 32.1 Å². The third kappa shape index (κ3) is 38.3. The van der Waals surface area contributed by atoms with E-state index in [0.29, 0.717) is 0 Å². The molecule has 0 nitrogen and oxygen atoms in total. The second-order valence-electron chi connectivity index (χ2n) is 29.3. The summed E-state index contributed by atoms with van der Waals surface area (Å²) in [4.78, 5) is 4.79. The molecule has 0 heterocycles. The van der Waals surface area contributed by atoms with Crippen molar-refractivity contribution in [2.75, 3.05) is 0 Å². The van der Waals surface area contributed by atoms with E-state index in [4.69, 9.17) is 63.1 Å². The normalized spacial score (nSPS) is 22.8. The fraction of sp³-hybridized carbons (Fsp3) is 0.647. The third-order valence-corrected chi connectivity index (χ3v) is 23.5. The largest absolute Gasteiger partial charge is 0.269 e. The van der Waals surface area contributed by atoms with Crippen LogP contribution < -0.4 is 0 Å². The summed E-state index contributed by atoms with van der Waals surface area (Å²) in [6.07, 6.45) is 56.5. The third-order valence-electron chi connectivity index (χ3n) is 22.1. The van der Waals surface area contributed by atoms with Crippen molar-refractivity contribution in [2.45, 2.75) is 316 Å². The predicted octanol–water partition coefficient (Wildman–Crippen LogP) is 29.7. The summed E-state index contributed by atoms with van der Waals surface area (Å²) in [5, 5.41) is 0. The van der Waals surface area contributed by atoms with Crippen molar-refractivity contribution in [2.24, 2.45) is 59.2 Å². The van der Waals surface area contributed by atoms with E-state index in [9.17, 15) is 0 Å². The maximum atomic E-state index is 5.12. The Labute approximate surface area is 606 Å². The van der Waals surface area contributed by atoms with Gasteiger partial charge in [0.25, 0.3) is 0 Å². The van der Waals surface area contributed by atoms with Gasteiger partial charge in [0.2, 0.25) is 0 Å². The Morgan fingerprint density at radius 3 is 0.400 bits per heavy atom. The van der Waals surface area contributed by atoms with Crippen LogP contribution in [0.25, 0.3) is 0 Å². The minimum Gasteiger partial charge on any atom is -0.269 e. The van der Waals surface area contributed by atoms with E-state index in [1.54, 1.807) is 0 Å². The van der Waals surface area contributed by atoms with Gasteiger partial charge in [-0.15, -0.1) is 0 Å². The topological polar surface area (TPSA) is 0 Å². The molecule has 5 aliphatic carbocycles. The zero-order valence-corrected chi connectivity index (χ0v) is 63.8. The summed E-state index contributed by atoms with van der Waals surface area (Å²) >= 11 is 25.6. The second-order valence-corrected chi connectivity index (χ2v) is 31.6. The average Bonchev–Trinajstić information content (AvgIpc) is 3.77. The maximum absolute atomic E-state index is 5.12. The summed E-state index contributed by atoms with van der Waals surface area (Å²) in [6.45, 7) is 11.6. The molecule has 0 aliphatic heterocycles. The van der Waals surface area contributed by atoms with Crippen LogP contribution in [0.15, 0.2) is 146 Å². The van der Waals surface area contributed by atoms with Gasteiger partial charge in [0, 0.05) is 24.5 Å². The van der Waals surface area contributed by atoms with Gasteiger partial charge >= 0.3 is 0 Å². The highest BCUT2D eigenvalue weighted by atomic mass is 32.1. The van der Waals surface area contributed by atoms with E-state index in [1.807, 2.05) is 0 Å². The lowest BCUT2D eigenvalue weighted by molar-refractivity contribution is 0.252. The Balaban J connectivity index is 0.000000586. The monoisotopic (exact) mass is 1410 g/mol. The number of benzene rings is 5. The van der Waals surface area contributed by atoms with Gasteiger partial charge in [-0.3, -0.25) is 23.5 Å². The summed E-state index contributed by atoms with van der Waals surface area (Å²) in [5.74, 6) is 10.0. The average molecular weight is 1410 g/mol. The quantitative estimate of drug-likeness (QED) is 0.0511. The molecule has 0 unspecified atom stereocenters. The molecule has 0 aromatic heterocycles. The summed E-state index contributed by atoms with van der Waals surface area (Å²) < 4.78 is 0. The molecule has 10 rings (SSSR count). The molecule has 5 aliphatic rings. The Morgan fingerprint density at radius 2 is 0.295 bits per heavy atom. The van der Waals surface area contributed by atoms with Crippen molar-refractivity contribution in [3.63, 3.8) is 0 Å². The van der Waals surface area contributed by atoms with Crippen molar-refractivity contribution in [3.8, 4) is 0 Å². The van der Waals surface area contributed by atoms with E-state index in [1.165, 1.54) is 285 Å². The van der Waals surface area contributed by atoms with Crippen molar-refractivity contribution in [1.29, 1.82) is 0 Å². The van der Waals surface area contributed by atoms with E-state index >= 15 is 0 Å². The molecule has 0 N–H and O–H groups in total. The molecule has 95 heavy (non-hydrogen) atoms. The molecule has 535 valence electrons. The number of aryl methyl sites for hydroxylation is 5. The van der Waals surface area contributed by atoms with E-state index in [2.05, 4.69) is 156 Å². The van der Waals surface area contributed by atoms with Gasteiger partial charge in [-0.1, -0.05) is 351 Å². The lowest BCUT2D eigenvalue weighted by atomic mass is 9.78. The molecule has 0 amide bonds. The molecule has 0 spiro atoms. The molecule has 5 radical (unpaired) electrons. The molecular formula is C85H130F5S5. The zero-order chi connectivity index (χ0) is 64.0. The van der Waals surface area contributed by atoms with Crippen LogP contribution in [0.2, 0.25) is 0 Å². The summed E-state index contributed by atoms with van der Waals surface area (Å²) in [5.41, 5.74) is 7.29. The highest BCUT2D eigenvalue weighted by Gasteiger charge is 2.25. The minimum absolute atomic E-state index is 0. The van der Waals surface area contributed by atoms with Crippen LogP contribution in [0.3, 0.4) is 0 Å². The first-order valence-corrected chi connectivity index (χ1v) is 39.7. The Kier molecular flexibility index (Phi) is 50.8. The van der Waals surface area contributed by atoms with Crippen LogP contribution in [0.1, 0.15) is 287 Å². The highest BCUT2D eigenvalue weighted by molar-refractivity contribution is 7.81. The molecule has 10 heteroatoms. The molecule has 5 saturated carbocycles. The van der Waals surface area contributed by atoms with Gasteiger partial charge in [-0.05, 0) is 212 Å². The van der Waals surface area contributed by atoms with Gasteiger partial charge in [0.1, 0.15) is 0 Å². The second kappa shape index (κ2) is 53.7. The van der Waals surface area contributed by atoms with Crippen LogP contribution in [0.4, 0.5) is 23.5 Å². The van der Waals surface area contributed by atoms with Crippen molar-refractivity contribution >= 4 is 63.1 Å². The van der Waals surface area contributed by atoms with Crippen LogP contribution >= 0.6 is 63.1 Å². The van der Waals surface area contributed by atoms with Crippen molar-refractivity contribution < 1.29 is 23.5 Å². The lowest BCUT2D eigenvalue weighted by Gasteiger charge is -2.28. The van der Waals surface area contributed by atoms with E-state index in [-0.39, 0.29) is 23.5 Å². The summed E-state index contributed by atoms with van der Waals surface area (Å²) in [6, 6.07) is 42.6. The van der Waals surface area contributed by atoms with Gasteiger partial charge in [0.15, 0.2) is 0 Å². The molecule has 0 saturated heterocycles. The molecular weight excluding hydrogens is 1280 g/mol. The zero-order valence-electron chi connectivity index (χ0n) is 59.7. The molecule has 0 bridgehead atoms. The van der Waals surface area contributed by atoms with Crippen LogP contribution in [-0.4, -0.2) is 0 Å². The van der Waals surface area contributed by atoms with E-state index < -0.39 is 0 Å². The Morgan fingerprint density at radius 1 is 0.189 bits per heavy atom. The summed E-state index contributed by atoms with van der Waals surface area (Å²) in [7, 11) is 0. The number of halogens is 5. The highest BCUT2D eigenvalue weighted by Crippen LogP contribution is 2.38. The Hall–Kier alpha value is -3.15. The first kappa shape index (κ1) is 89.9. The van der Waals surface area contributed by atoms with Crippen LogP contribution in [0.5, 0.6) is 0 Å². The van der Waals surface area contributed by atoms with Gasteiger partial charge in [-0.25, -0.2) is 0 Å². The molecule has 5 aromatic carbocycles. The predicted molar refractivity (Wildman–Crippen MR) is 417 cm³/mol.